The Morgan fingerprint density at radius 3 is 2.35 bits per heavy atom. The Kier molecular flexibility index (Phi) is 4.29. The van der Waals surface area contributed by atoms with Crippen molar-refractivity contribution < 1.29 is 4.74 Å². The number of rotatable bonds is 4. The highest BCUT2D eigenvalue weighted by atomic mass is 16.5. The highest BCUT2D eigenvalue weighted by molar-refractivity contribution is 5.48. The standard InChI is InChI=1S/C15H23NO/c1-3-16(2)13-9-11-15(12-10-13)17-14-7-5-4-6-8-14/h9-12,14H,3-8H2,1-2H3. The summed E-state index contributed by atoms with van der Waals surface area (Å²) < 4.78 is 6.01. The molecule has 0 heterocycles. The average molecular weight is 233 g/mol. The Labute approximate surface area is 105 Å². The molecule has 0 N–H and O–H groups in total. The molecule has 0 amide bonds. The Hall–Kier alpha value is -1.18. The van der Waals surface area contributed by atoms with Crippen LogP contribution in [0.2, 0.25) is 0 Å². The van der Waals surface area contributed by atoms with Crippen LogP contribution in [0.3, 0.4) is 0 Å². The highest BCUT2D eigenvalue weighted by Crippen LogP contribution is 2.24. The predicted octanol–water partition coefficient (Wildman–Crippen LogP) is 3.85. The summed E-state index contributed by atoms with van der Waals surface area (Å²) in [6.07, 6.45) is 6.90. The van der Waals surface area contributed by atoms with Crippen LogP contribution in [0, 0.1) is 0 Å². The van der Waals surface area contributed by atoms with E-state index in [-0.39, 0.29) is 0 Å². The van der Waals surface area contributed by atoms with E-state index in [1.807, 2.05) is 0 Å². The third-order valence-electron chi connectivity index (χ3n) is 3.61. The van der Waals surface area contributed by atoms with E-state index < -0.39 is 0 Å². The summed E-state index contributed by atoms with van der Waals surface area (Å²) in [7, 11) is 2.11. The molecule has 2 heteroatoms. The summed E-state index contributed by atoms with van der Waals surface area (Å²) in [5.41, 5.74) is 1.25. The minimum Gasteiger partial charge on any atom is -0.490 e. The summed E-state index contributed by atoms with van der Waals surface area (Å²) >= 11 is 0. The molecule has 0 bridgehead atoms. The molecule has 94 valence electrons. The van der Waals surface area contributed by atoms with Gasteiger partial charge in [-0.25, -0.2) is 0 Å². The van der Waals surface area contributed by atoms with E-state index in [9.17, 15) is 0 Å². The quantitative estimate of drug-likeness (QED) is 0.783. The molecule has 1 aliphatic carbocycles. The first-order valence-electron chi connectivity index (χ1n) is 6.77. The predicted molar refractivity (Wildman–Crippen MR) is 72.9 cm³/mol. The van der Waals surface area contributed by atoms with Crippen molar-refractivity contribution in [2.24, 2.45) is 0 Å². The van der Waals surface area contributed by atoms with Crippen LogP contribution < -0.4 is 9.64 Å². The van der Waals surface area contributed by atoms with Crippen LogP contribution in [-0.4, -0.2) is 19.7 Å². The molecule has 1 fully saturated rings. The second-order valence-corrected chi connectivity index (χ2v) is 4.89. The van der Waals surface area contributed by atoms with Crippen molar-refractivity contribution in [2.45, 2.75) is 45.1 Å². The minimum absolute atomic E-state index is 0.443. The summed E-state index contributed by atoms with van der Waals surface area (Å²) in [6.45, 7) is 3.19. The SMILES string of the molecule is CCN(C)c1ccc(OC2CCCCC2)cc1. The van der Waals surface area contributed by atoms with E-state index in [1.165, 1.54) is 37.8 Å². The van der Waals surface area contributed by atoms with Crippen LogP contribution in [0.15, 0.2) is 24.3 Å². The lowest BCUT2D eigenvalue weighted by atomic mass is 9.98. The van der Waals surface area contributed by atoms with Crippen LogP contribution >= 0.6 is 0 Å². The molecule has 0 aliphatic heterocycles. The first-order valence-corrected chi connectivity index (χ1v) is 6.77. The van der Waals surface area contributed by atoms with Crippen molar-refractivity contribution in [3.63, 3.8) is 0 Å². The molecule has 1 aliphatic rings. The van der Waals surface area contributed by atoms with Gasteiger partial charge in [0.1, 0.15) is 5.75 Å². The normalized spacial score (nSPS) is 16.8. The van der Waals surface area contributed by atoms with Crippen molar-refractivity contribution in [1.29, 1.82) is 0 Å². The van der Waals surface area contributed by atoms with Crippen molar-refractivity contribution in [3.05, 3.63) is 24.3 Å². The lowest BCUT2D eigenvalue weighted by molar-refractivity contribution is 0.155. The second-order valence-electron chi connectivity index (χ2n) is 4.89. The van der Waals surface area contributed by atoms with Gasteiger partial charge in [0, 0.05) is 19.3 Å². The van der Waals surface area contributed by atoms with Crippen molar-refractivity contribution in [2.75, 3.05) is 18.5 Å². The van der Waals surface area contributed by atoms with E-state index in [0.29, 0.717) is 6.10 Å². The smallest absolute Gasteiger partial charge is 0.119 e. The molecular weight excluding hydrogens is 210 g/mol. The maximum Gasteiger partial charge on any atom is 0.119 e. The van der Waals surface area contributed by atoms with Gasteiger partial charge in [-0.05, 0) is 56.9 Å². The largest absolute Gasteiger partial charge is 0.490 e. The van der Waals surface area contributed by atoms with Crippen molar-refractivity contribution in [3.8, 4) is 5.75 Å². The molecule has 0 atom stereocenters. The van der Waals surface area contributed by atoms with Crippen LogP contribution in [-0.2, 0) is 0 Å². The van der Waals surface area contributed by atoms with Crippen LogP contribution in [0.1, 0.15) is 39.0 Å². The fourth-order valence-electron chi connectivity index (χ4n) is 2.34. The summed E-state index contributed by atoms with van der Waals surface area (Å²) in [6, 6.07) is 8.47. The van der Waals surface area contributed by atoms with Gasteiger partial charge >= 0.3 is 0 Å². The first-order chi connectivity index (χ1) is 8.29. The van der Waals surface area contributed by atoms with Crippen LogP contribution in [0.5, 0.6) is 5.75 Å². The van der Waals surface area contributed by atoms with Crippen LogP contribution in [0.25, 0.3) is 0 Å². The Bertz CT molecular complexity index is 327. The molecule has 0 saturated heterocycles. The molecule has 0 spiro atoms. The Morgan fingerprint density at radius 1 is 1.12 bits per heavy atom. The van der Waals surface area contributed by atoms with Crippen molar-refractivity contribution >= 4 is 5.69 Å². The van der Waals surface area contributed by atoms with E-state index in [1.54, 1.807) is 0 Å². The maximum absolute atomic E-state index is 6.01. The molecule has 17 heavy (non-hydrogen) atoms. The zero-order valence-corrected chi connectivity index (χ0v) is 11.0. The monoisotopic (exact) mass is 233 g/mol. The first kappa shape index (κ1) is 12.3. The van der Waals surface area contributed by atoms with Gasteiger partial charge in [-0.1, -0.05) is 6.42 Å². The molecular formula is C15H23NO. The number of anilines is 1. The third-order valence-corrected chi connectivity index (χ3v) is 3.61. The molecule has 0 aromatic heterocycles. The molecule has 0 unspecified atom stereocenters. The van der Waals surface area contributed by atoms with Crippen LogP contribution in [0.4, 0.5) is 5.69 Å². The zero-order valence-electron chi connectivity index (χ0n) is 11.0. The van der Waals surface area contributed by atoms with Gasteiger partial charge in [-0.2, -0.15) is 0 Å². The minimum atomic E-state index is 0.443. The van der Waals surface area contributed by atoms with Gasteiger partial charge in [0.15, 0.2) is 0 Å². The number of ether oxygens (including phenoxy) is 1. The highest BCUT2D eigenvalue weighted by Gasteiger charge is 2.14. The maximum atomic E-state index is 6.01. The average Bonchev–Trinajstić information content (AvgIpc) is 2.40. The summed E-state index contributed by atoms with van der Waals surface area (Å²) in [5.74, 6) is 1.02. The number of benzene rings is 1. The summed E-state index contributed by atoms with van der Waals surface area (Å²) in [5, 5.41) is 0. The lowest BCUT2D eigenvalue weighted by Gasteiger charge is -2.23. The fourth-order valence-corrected chi connectivity index (χ4v) is 2.34. The lowest BCUT2D eigenvalue weighted by Crippen LogP contribution is -2.19. The second kappa shape index (κ2) is 5.95. The molecule has 1 aromatic carbocycles. The van der Waals surface area contributed by atoms with Gasteiger partial charge in [-0.15, -0.1) is 0 Å². The topological polar surface area (TPSA) is 12.5 Å². The number of hydrogen-bond donors (Lipinski definition) is 0. The number of nitrogens with zero attached hydrogens (tertiary/aromatic N) is 1. The van der Waals surface area contributed by atoms with E-state index in [4.69, 9.17) is 4.74 Å². The molecule has 0 radical (unpaired) electrons. The van der Waals surface area contributed by atoms with E-state index in [0.717, 1.165) is 12.3 Å². The van der Waals surface area contributed by atoms with Crippen molar-refractivity contribution in [1.82, 2.24) is 0 Å². The summed E-state index contributed by atoms with van der Waals surface area (Å²) in [4.78, 5) is 2.23. The van der Waals surface area contributed by atoms with Gasteiger partial charge in [0.25, 0.3) is 0 Å². The van der Waals surface area contributed by atoms with Gasteiger partial charge in [0.05, 0.1) is 6.10 Å². The van der Waals surface area contributed by atoms with Gasteiger partial charge in [-0.3, -0.25) is 0 Å². The Morgan fingerprint density at radius 2 is 1.76 bits per heavy atom. The molecule has 2 nitrogen and oxygen atoms in total. The zero-order chi connectivity index (χ0) is 12.1. The third kappa shape index (κ3) is 3.39. The van der Waals surface area contributed by atoms with Gasteiger partial charge in [0.2, 0.25) is 0 Å². The van der Waals surface area contributed by atoms with E-state index in [2.05, 4.69) is 43.1 Å². The van der Waals surface area contributed by atoms with Gasteiger partial charge < -0.3 is 9.64 Å². The molecule has 1 aromatic rings. The molecule has 1 saturated carbocycles. The molecule has 2 rings (SSSR count). The fraction of sp³-hybridized carbons (Fsp3) is 0.600. The Balaban J connectivity index is 1.93. The van der Waals surface area contributed by atoms with E-state index >= 15 is 0 Å². The number of hydrogen-bond acceptors (Lipinski definition) is 2.